The molecular formula is C18H19NO5S. The number of carbonyl (C=O) groups excluding carboxylic acids is 1. The second-order valence-electron chi connectivity index (χ2n) is 5.73. The van der Waals surface area contributed by atoms with E-state index >= 15 is 0 Å². The third-order valence-electron chi connectivity index (χ3n) is 3.96. The Morgan fingerprint density at radius 1 is 1.04 bits per heavy atom. The van der Waals surface area contributed by atoms with E-state index in [0.29, 0.717) is 17.2 Å². The first kappa shape index (κ1) is 17.3. The van der Waals surface area contributed by atoms with Crippen LogP contribution in [0, 0.1) is 0 Å². The van der Waals surface area contributed by atoms with Crippen LogP contribution in [0.15, 0.2) is 53.4 Å². The fourth-order valence-corrected chi connectivity index (χ4v) is 3.42. The average Bonchev–Trinajstić information content (AvgIpc) is 2.61. The highest BCUT2D eigenvalue weighted by molar-refractivity contribution is 7.91. The van der Waals surface area contributed by atoms with Gasteiger partial charge in [0.15, 0.2) is 21.3 Å². The highest BCUT2D eigenvalue weighted by Crippen LogP contribution is 2.33. The van der Waals surface area contributed by atoms with Gasteiger partial charge in [0.2, 0.25) is 6.10 Å². The first-order valence-electron chi connectivity index (χ1n) is 7.97. The summed E-state index contributed by atoms with van der Waals surface area (Å²) in [6.45, 7) is 3.35. The van der Waals surface area contributed by atoms with Crippen LogP contribution in [-0.4, -0.2) is 32.3 Å². The molecule has 0 bridgehead atoms. The molecule has 2 aromatic rings. The van der Waals surface area contributed by atoms with E-state index < -0.39 is 22.0 Å². The van der Waals surface area contributed by atoms with Gasteiger partial charge in [0.1, 0.15) is 6.10 Å². The van der Waals surface area contributed by atoms with Crippen LogP contribution in [0.2, 0.25) is 0 Å². The van der Waals surface area contributed by atoms with E-state index in [9.17, 15) is 13.2 Å². The SMILES string of the molecule is CCS(=O)(=O)c1ccc(NC(=O)[C@@H]2Oc3ccccc3O[C@H]2C)cc1. The second kappa shape index (κ2) is 6.76. The van der Waals surface area contributed by atoms with E-state index in [1.54, 1.807) is 44.2 Å². The molecule has 7 heteroatoms. The number of anilines is 1. The van der Waals surface area contributed by atoms with Gasteiger partial charge in [-0.2, -0.15) is 0 Å². The van der Waals surface area contributed by atoms with Crippen LogP contribution in [0.4, 0.5) is 5.69 Å². The number of amides is 1. The fraction of sp³-hybridized carbons (Fsp3) is 0.278. The second-order valence-corrected chi connectivity index (χ2v) is 8.00. The molecule has 1 amide bonds. The number of rotatable bonds is 4. The van der Waals surface area contributed by atoms with E-state index in [-0.39, 0.29) is 16.6 Å². The molecule has 0 aliphatic carbocycles. The molecule has 0 aromatic heterocycles. The lowest BCUT2D eigenvalue weighted by molar-refractivity contribution is -0.128. The molecular weight excluding hydrogens is 342 g/mol. The number of nitrogens with one attached hydrogen (secondary N) is 1. The van der Waals surface area contributed by atoms with E-state index in [2.05, 4.69) is 5.32 Å². The number of hydrogen-bond donors (Lipinski definition) is 1. The standard InChI is InChI=1S/C18H19NO5S/c1-3-25(21,22)14-10-8-13(9-11-14)19-18(20)17-12(2)23-15-6-4-5-7-16(15)24-17/h4-12,17H,3H2,1-2H3,(H,19,20)/t12-,17+/m0/s1. The zero-order valence-electron chi connectivity index (χ0n) is 13.9. The highest BCUT2D eigenvalue weighted by Gasteiger charge is 2.34. The summed E-state index contributed by atoms with van der Waals surface area (Å²) in [5, 5.41) is 2.73. The molecule has 3 rings (SSSR count). The van der Waals surface area contributed by atoms with Gasteiger partial charge >= 0.3 is 0 Å². The molecule has 1 heterocycles. The topological polar surface area (TPSA) is 81.7 Å². The van der Waals surface area contributed by atoms with Crippen molar-refractivity contribution >= 4 is 21.4 Å². The number of benzene rings is 2. The Balaban J connectivity index is 1.72. The van der Waals surface area contributed by atoms with Gasteiger partial charge in [-0.3, -0.25) is 4.79 Å². The molecule has 132 valence electrons. The Morgan fingerprint density at radius 2 is 1.64 bits per heavy atom. The minimum absolute atomic E-state index is 0.0306. The van der Waals surface area contributed by atoms with Crippen molar-refractivity contribution < 1.29 is 22.7 Å². The first-order valence-corrected chi connectivity index (χ1v) is 9.62. The van der Waals surface area contributed by atoms with Gasteiger partial charge in [0.05, 0.1) is 10.6 Å². The number of hydrogen-bond acceptors (Lipinski definition) is 5. The first-order chi connectivity index (χ1) is 11.9. The third kappa shape index (κ3) is 3.61. The molecule has 0 saturated carbocycles. The molecule has 1 aliphatic rings. The lowest BCUT2D eigenvalue weighted by atomic mass is 10.1. The number of ether oxygens (including phenoxy) is 2. The molecule has 6 nitrogen and oxygen atoms in total. The summed E-state index contributed by atoms with van der Waals surface area (Å²) in [6, 6.07) is 13.2. The van der Waals surface area contributed by atoms with Crippen LogP contribution >= 0.6 is 0 Å². The molecule has 0 saturated heterocycles. The van der Waals surface area contributed by atoms with Crippen LogP contribution in [-0.2, 0) is 14.6 Å². The Labute approximate surface area is 146 Å². The lowest BCUT2D eigenvalue weighted by Crippen LogP contribution is -2.46. The van der Waals surface area contributed by atoms with Gasteiger partial charge in [0.25, 0.3) is 5.91 Å². The predicted molar refractivity (Wildman–Crippen MR) is 93.7 cm³/mol. The zero-order chi connectivity index (χ0) is 18.0. The molecule has 2 atom stereocenters. The average molecular weight is 361 g/mol. The van der Waals surface area contributed by atoms with Gasteiger partial charge in [-0.05, 0) is 43.3 Å². The molecule has 1 aliphatic heterocycles. The van der Waals surface area contributed by atoms with Crippen molar-refractivity contribution in [3.05, 3.63) is 48.5 Å². The largest absolute Gasteiger partial charge is 0.482 e. The van der Waals surface area contributed by atoms with Crippen molar-refractivity contribution in [1.29, 1.82) is 0 Å². The minimum atomic E-state index is -3.26. The normalized spacial score (nSPS) is 19.3. The Morgan fingerprint density at radius 3 is 2.24 bits per heavy atom. The smallest absolute Gasteiger partial charge is 0.269 e. The minimum Gasteiger partial charge on any atom is -0.482 e. The predicted octanol–water partition coefficient (Wildman–Crippen LogP) is 2.65. The molecule has 1 N–H and O–H groups in total. The highest BCUT2D eigenvalue weighted by atomic mass is 32.2. The maximum absolute atomic E-state index is 12.5. The van der Waals surface area contributed by atoms with Crippen molar-refractivity contribution in [3.8, 4) is 11.5 Å². The van der Waals surface area contributed by atoms with E-state index in [4.69, 9.17) is 9.47 Å². The number of sulfone groups is 1. The van der Waals surface area contributed by atoms with E-state index in [1.165, 1.54) is 12.1 Å². The van der Waals surface area contributed by atoms with Gasteiger partial charge in [0, 0.05) is 5.69 Å². The van der Waals surface area contributed by atoms with Gasteiger partial charge in [-0.15, -0.1) is 0 Å². The molecule has 25 heavy (non-hydrogen) atoms. The Kier molecular flexibility index (Phi) is 4.67. The quantitative estimate of drug-likeness (QED) is 0.905. The molecule has 0 unspecified atom stereocenters. The van der Waals surface area contributed by atoms with Crippen LogP contribution in [0.3, 0.4) is 0 Å². The summed E-state index contributed by atoms with van der Waals surface area (Å²) < 4.78 is 35.1. The maximum atomic E-state index is 12.5. The van der Waals surface area contributed by atoms with Crippen molar-refractivity contribution in [1.82, 2.24) is 0 Å². The third-order valence-corrected chi connectivity index (χ3v) is 5.71. The molecule has 2 aromatic carbocycles. The Bertz CT molecular complexity index is 877. The van der Waals surface area contributed by atoms with E-state index in [1.807, 2.05) is 6.07 Å². The number of carbonyl (C=O) groups is 1. The fourth-order valence-electron chi connectivity index (χ4n) is 2.53. The summed E-state index contributed by atoms with van der Waals surface area (Å²) in [4.78, 5) is 12.7. The molecule has 0 spiro atoms. The van der Waals surface area contributed by atoms with Gasteiger partial charge < -0.3 is 14.8 Å². The zero-order valence-corrected chi connectivity index (χ0v) is 14.7. The van der Waals surface area contributed by atoms with Crippen LogP contribution in [0.25, 0.3) is 0 Å². The molecule has 0 fully saturated rings. The van der Waals surface area contributed by atoms with Crippen LogP contribution in [0.1, 0.15) is 13.8 Å². The van der Waals surface area contributed by atoms with E-state index in [0.717, 1.165) is 0 Å². The van der Waals surface area contributed by atoms with Crippen LogP contribution < -0.4 is 14.8 Å². The van der Waals surface area contributed by atoms with Crippen LogP contribution in [0.5, 0.6) is 11.5 Å². The number of para-hydroxylation sites is 2. The molecule has 0 radical (unpaired) electrons. The summed E-state index contributed by atoms with van der Waals surface area (Å²) >= 11 is 0. The van der Waals surface area contributed by atoms with Gasteiger partial charge in [-0.1, -0.05) is 19.1 Å². The summed E-state index contributed by atoms with van der Waals surface area (Å²) in [6.07, 6.45) is -1.25. The van der Waals surface area contributed by atoms with Crippen molar-refractivity contribution in [2.24, 2.45) is 0 Å². The van der Waals surface area contributed by atoms with Crippen molar-refractivity contribution in [2.45, 2.75) is 31.0 Å². The van der Waals surface area contributed by atoms with Crippen molar-refractivity contribution in [3.63, 3.8) is 0 Å². The number of fused-ring (bicyclic) bond motifs is 1. The lowest BCUT2D eigenvalue weighted by Gasteiger charge is -2.31. The Hall–Kier alpha value is -2.54. The summed E-state index contributed by atoms with van der Waals surface area (Å²) in [7, 11) is -3.26. The monoisotopic (exact) mass is 361 g/mol. The summed E-state index contributed by atoms with van der Waals surface area (Å²) in [5.74, 6) is 0.800. The van der Waals surface area contributed by atoms with Crippen molar-refractivity contribution in [2.75, 3.05) is 11.1 Å². The van der Waals surface area contributed by atoms with Gasteiger partial charge in [-0.25, -0.2) is 8.42 Å². The summed E-state index contributed by atoms with van der Waals surface area (Å²) in [5.41, 5.74) is 0.495. The maximum Gasteiger partial charge on any atom is 0.269 e.